The number of halogens is 1. The molecule has 114 valence electrons. The molecule has 7 N–H and O–H groups in total. The second-order valence-corrected chi connectivity index (χ2v) is 4.13. The van der Waals surface area contributed by atoms with Gasteiger partial charge in [-0.25, -0.2) is 9.68 Å². The summed E-state index contributed by atoms with van der Waals surface area (Å²) in [6, 6.07) is 0. The van der Waals surface area contributed by atoms with Crippen LogP contribution in [0.15, 0.2) is 0 Å². The molecule has 0 aromatic rings. The Kier molecular flexibility index (Phi) is 8.56. The summed E-state index contributed by atoms with van der Waals surface area (Å²) in [5.74, 6) is -1.83. The average Bonchev–Trinajstić information content (AvgIpc) is 2.37. The van der Waals surface area contributed by atoms with Crippen molar-refractivity contribution in [1.82, 2.24) is 0 Å². The zero-order valence-electron chi connectivity index (χ0n) is 9.40. The van der Waals surface area contributed by atoms with Gasteiger partial charge in [0.2, 0.25) is 0 Å². The number of carbonyl (C=O) groups is 1. The van der Waals surface area contributed by atoms with Gasteiger partial charge in [0.1, 0.15) is 24.4 Å². The van der Waals surface area contributed by atoms with Crippen LogP contribution in [0, 0.1) is 0 Å². The monoisotopic (exact) mass is 350 g/mol. The van der Waals surface area contributed by atoms with Crippen molar-refractivity contribution < 1.29 is 49.4 Å². The van der Waals surface area contributed by atoms with Gasteiger partial charge in [0.25, 0.3) is 0 Å². The molecule has 19 heavy (non-hydrogen) atoms. The average molecular weight is 351 g/mol. The molecule has 0 bridgehead atoms. The first-order chi connectivity index (χ1) is 8.77. The molecule has 6 unspecified atom stereocenters. The highest BCUT2D eigenvalue weighted by Crippen LogP contribution is 2.14. The quantitative estimate of drug-likeness (QED) is 0.168. The molecule has 0 aliphatic rings. The zero-order chi connectivity index (χ0) is 15.2. The van der Waals surface area contributed by atoms with Gasteiger partial charge in [-0.05, 0) is 0 Å². The Morgan fingerprint density at radius 2 is 1.58 bits per heavy atom. The Morgan fingerprint density at radius 3 is 1.95 bits per heavy atom. The predicted molar refractivity (Wildman–Crippen MR) is 60.1 cm³/mol. The van der Waals surface area contributed by atoms with E-state index in [1.165, 1.54) is 0 Å². The van der Waals surface area contributed by atoms with Gasteiger partial charge in [-0.15, -0.1) is 0 Å². The van der Waals surface area contributed by atoms with E-state index in [0.717, 1.165) is 0 Å². The summed E-state index contributed by atoms with van der Waals surface area (Å²) in [4.78, 5) is 14.0. The smallest absolute Gasteiger partial charge is 0.335 e. The molecule has 6 atom stereocenters. The van der Waals surface area contributed by atoms with Crippen LogP contribution in [0.25, 0.3) is 0 Å². The first-order valence-electron chi connectivity index (χ1n) is 4.94. The summed E-state index contributed by atoms with van der Waals surface area (Å²) in [5, 5.41) is 63.7. The molecule has 0 saturated heterocycles. The van der Waals surface area contributed by atoms with Gasteiger partial charge < -0.3 is 34.5 Å². The van der Waals surface area contributed by atoms with E-state index in [4.69, 9.17) is 15.5 Å². The van der Waals surface area contributed by atoms with Gasteiger partial charge >= 0.3 is 5.97 Å². The number of carboxylic acid groups (broad SMARTS) is 1. The number of aliphatic carboxylic acids is 1. The number of hydrogen-bond acceptors (Lipinski definition) is 9. The van der Waals surface area contributed by atoms with E-state index in [9.17, 15) is 25.2 Å². The Labute approximate surface area is 115 Å². The van der Waals surface area contributed by atoms with Crippen LogP contribution in [0.3, 0.4) is 0 Å². The minimum absolute atomic E-state index is 0.447. The minimum atomic E-state index is -2.36. The first-order valence-corrected chi connectivity index (χ1v) is 5.59. The molecule has 11 heteroatoms. The molecule has 0 saturated carbocycles. The molecular formula is C8H15BrO10. The normalized spacial score (nSPS) is 21.2. The lowest BCUT2D eigenvalue weighted by atomic mass is 9.96. The van der Waals surface area contributed by atoms with Gasteiger partial charge in [0.05, 0.1) is 22.9 Å². The Hall–Kier alpha value is -0.370. The van der Waals surface area contributed by atoms with Crippen molar-refractivity contribution in [3.63, 3.8) is 0 Å². The second kappa shape index (κ2) is 8.73. The van der Waals surface area contributed by atoms with Gasteiger partial charge in [-0.1, -0.05) is 0 Å². The van der Waals surface area contributed by atoms with Crippen molar-refractivity contribution in [1.29, 1.82) is 0 Å². The summed E-state index contributed by atoms with van der Waals surface area (Å²) in [6.07, 6.45) is -12.3. The molecular weight excluding hydrogens is 336 g/mol. The van der Waals surface area contributed by atoms with Crippen molar-refractivity contribution >= 4 is 22.2 Å². The van der Waals surface area contributed by atoms with Crippen LogP contribution in [0.5, 0.6) is 0 Å². The van der Waals surface area contributed by atoms with Crippen molar-refractivity contribution in [2.45, 2.75) is 36.6 Å². The van der Waals surface area contributed by atoms with Crippen molar-refractivity contribution in [3.8, 4) is 0 Å². The van der Waals surface area contributed by atoms with Crippen LogP contribution in [-0.4, -0.2) is 85.1 Å². The highest BCUT2D eigenvalue weighted by Gasteiger charge is 2.41. The topological polar surface area (TPSA) is 177 Å². The van der Waals surface area contributed by atoms with Crippen LogP contribution in [-0.2, 0) is 13.5 Å². The molecule has 0 radical (unpaired) electrons. The molecule has 0 spiro atoms. The van der Waals surface area contributed by atoms with E-state index in [1.54, 1.807) is 0 Å². The maximum atomic E-state index is 10.5. The van der Waals surface area contributed by atoms with Crippen LogP contribution in [0.1, 0.15) is 0 Å². The van der Waals surface area contributed by atoms with Gasteiger partial charge in [0.15, 0.2) is 12.2 Å². The van der Waals surface area contributed by atoms with Crippen LogP contribution in [0.2, 0.25) is 0 Å². The SMILES string of the molecule is O=C(O)C(O)C(OO)C(O)C(O)C(O)C(O)COBr. The molecule has 0 aliphatic carbocycles. The van der Waals surface area contributed by atoms with Crippen molar-refractivity contribution in [3.05, 3.63) is 0 Å². The first kappa shape index (κ1) is 18.6. The van der Waals surface area contributed by atoms with E-state index >= 15 is 0 Å². The van der Waals surface area contributed by atoms with Crippen LogP contribution >= 0.6 is 16.3 Å². The third kappa shape index (κ3) is 5.25. The number of hydrogen-bond donors (Lipinski definition) is 7. The molecule has 0 aliphatic heterocycles. The summed E-state index contributed by atoms with van der Waals surface area (Å²) in [5.41, 5.74) is 0. The lowest BCUT2D eigenvalue weighted by molar-refractivity contribution is -0.323. The van der Waals surface area contributed by atoms with E-state index in [2.05, 4.69) is 25.0 Å². The molecule has 0 fully saturated rings. The number of aliphatic hydroxyl groups excluding tert-OH is 5. The number of aliphatic hydroxyl groups is 5. The molecule has 0 aromatic heterocycles. The second-order valence-electron chi connectivity index (χ2n) is 3.67. The van der Waals surface area contributed by atoms with Crippen LogP contribution in [0.4, 0.5) is 0 Å². The van der Waals surface area contributed by atoms with E-state index in [-0.39, 0.29) is 0 Å². The lowest BCUT2D eigenvalue weighted by Gasteiger charge is -2.30. The fourth-order valence-corrected chi connectivity index (χ4v) is 1.51. The van der Waals surface area contributed by atoms with Gasteiger partial charge in [-0.3, -0.25) is 5.26 Å². The third-order valence-corrected chi connectivity index (χ3v) is 2.61. The summed E-state index contributed by atoms with van der Waals surface area (Å²) in [6.45, 7) is -0.447. The third-order valence-electron chi connectivity index (χ3n) is 2.35. The molecule has 0 heterocycles. The van der Waals surface area contributed by atoms with Crippen LogP contribution < -0.4 is 0 Å². The van der Waals surface area contributed by atoms with Gasteiger partial charge in [-0.2, -0.15) is 0 Å². The molecule has 0 amide bonds. The zero-order valence-corrected chi connectivity index (χ0v) is 11.0. The standard InChI is InChI=1S/C8H15BrO10/c9-18-1-2(10)3(11)4(12)5(13)7(19-17)6(14)8(15)16/h2-7,10-14,17H,1H2,(H,15,16). The maximum absolute atomic E-state index is 10.5. The Balaban J connectivity index is 4.76. The highest BCUT2D eigenvalue weighted by molar-refractivity contribution is 9.06. The molecule has 0 rings (SSSR count). The summed E-state index contributed by atoms with van der Waals surface area (Å²) in [7, 11) is 0. The fraction of sp³-hybridized carbons (Fsp3) is 0.875. The lowest BCUT2D eigenvalue weighted by Crippen LogP contribution is -2.54. The highest BCUT2D eigenvalue weighted by atomic mass is 79.9. The maximum Gasteiger partial charge on any atom is 0.335 e. The number of carboxylic acids is 1. The fourth-order valence-electron chi connectivity index (χ4n) is 1.23. The number of rotatable bonds is 9. The van der Waals surface area contributed by atoms with E-state index in [1.807, 2.05) is 0 Å². The van der Waals surface area contributed by atoms with E-state index in [0.29, 0.717) is 0 Å². The summed E-state index contributed by atoms with van der Waals surface area (Å²) >= 11 is 2.49. The predicted octanol–water partition coefficient (Wildman–Crippen LogP) is -2.94. The van der Waals surface area contributed by atoms with E-state index < -0.39 is 49.2 Å². The van der Waals surface area contributed by atoms with Crippen molar-refractivity contribution in [2.75, 3.05) is 6.61 Å². The largest absolute Gasteiger partial charge is 0.479 e. The Bertz CT molecular complexity index is 276. The Morgan fingerprint density at radius 1 is 1.05 bits per heavy atom. The minimum Gasteiger partial charge on any atom is -0.479 e. The van der Waals surface area contributed by atoms with Gasteiger partial charge in [0, 0.05) is 0 Å². The van der Waals surface area contributed by atoms with Crippen molar-refractivity contribution in [2.24, 2.45) is 0 Å². The molecule has 0 aromatic carbocycles. The summed E-state index contributed by atoms with van der Waals surface area (Å²) < 4.78 is 4.31. The molecule has 10 nitrogen and oxygen atoms in total.